The lowest BCUT2D eigenvalue weighted by Gasteiger charge is -2.25. The highest BCUT2D eigenvalue weighted by Gasteiger charge is 2.20. The van der Waals surface area contributed by atoms with Crippen molar-refractivity contribution in [2.24, 2.45) is 5.92 Å². The van der Waals surface area contributed by atoms with Crippen LogP contribution in [0.25, 0.3) is 0 Å². The molecule has 1 rings (SSSR count). The van der Waals surface area contributed by atoms with Gasteiger partial charge < -0.3 is 10.1 Å². The largest absolute Gasteiger partial charge is 0.385 e. The topological polar surface area (TPSA) is 47.0 Å². The first-order valence-electron chi connectivity index (χ1n) is 6.07. The zero-order chi connectivity index (χ0) is 12.8. The molecule has 4 heteroatoms. The fraction of sp³-hybridized carbons (Fsp3) is 0.692. The van der Waals surface area contributed by atoms with Crippen LogP contribution in [0.3, 0.4) is 0 Å². The summed E-state index contributed by atoms with van der Waals surface area (Å²) in [5.41, 5.74) is 3.20. The number of aromatic nitrogens is 2. The standard InChI is InChI=1S/C13H23N3O/c1-9(6-7-17-5)13(14-4)12-8-10(2)15-16-11(12)3/h8-9,13-14H,6-7H2,1-5H3. The van der Waals surface area contributed by atoms with E-state index in [1.165, 1.54) is 5.56 Å². The Morgan fingerprint density at radius 2 is 2.06 bits per heavy atom. The van der Waals surface area contributed by atoms with Gasteiger partial charge in [0.1, 0.15) is 0 Å². The fourth-order valence-corrected chi connectivity index (χ4v) is 2.10. The van der Waals surface area contributed by atoms with Crippen molar-refractivity contribution in [3.05, 3.63) is 23.0 Å². The van der Waals surface area contributed by atoms with Gasteiger partial charge in [0, 0.05) is 19.8 Å². The molecule has 1 aromatic rings. The average Bonchev–Trinajstić information content (AvgIpc) is 2.32. The van der Waals surface area contributed by atoms with Gasteiger partial charge in [-0.25, -0.2) is 0 Å². The third kappa shape index (κ3) is 3.75. The van der Waals surface area contributed by atoms with E-state index in [4.69, 9.17) is 4.74 Å². The Hall–Kier alpha value is -1.00. The van der Waals surface area contributed by atoms with Crippen LogP contribution in [0.15, 0.2) is 6.07 Å². The number of hydrogen-bond donors (Lipinski definition) is 1. The van der Waals surface area contributed by atoms with Gasteiger partial charge in [-0.05, 0) is 44.9 Å². The first kappa shape index (κ1) is 14.1. The Labute approximate surface area is 104 Å². The molecular formula is C13H23N3O. The molecule has 4 nitrogen and oxygen atoms in total. The second-order valence-corrected chi connectivity index (χ2v) is 4.55. The number of aryl methyl sites for hydroxylation is 2. The fourth-order valence-electron chi connectivity index (χ4n) is 2.10. The van der Waals surface area contributed by atoms with Crippen LogP contribution in [0.1, 0.15) is 36.3 Å². The molecule has 0 bridgehead atoms. The molecule has 96 valence electrons. The second kappa shape index (κ2) is 6.67. The van der Waals surface area contributed by atoms with Crippen LogP contribution in [0.2, 0.25) is 0 Å². The molecule has 0 radical (unpaired) electrons. The summed E-state index contributed by atoms with van der Waals surface area (Å²) >= 11 is 0. The predicted molar refractivity (Wildman–Crippen MR) is 69.0 cm³/mol. The van der Waals surface area contributed by atoms with Gasteiger partial charge in [-0.15, -0.1) is 0 Å². The minimum absolute atomic E-state index is 0.305. The highest BCUT2D eigenvalue weighted by Crippen LogP contribution is 2.26. The second-order valence-electron chi connectivity index (χ2n) is 4.55. The van der Waals surface area contributed by atoms with Gasteiger partial charge in [0.05, 0.1) is 11.4 Å². The van der Waals surface area contributed by atoms with E-state index in [-0.39, 0.29) is 0 Å². The highest BCUT2D eigenvalue weighted by atomic mass is 16.5. The lowest BCUT2D eigenvalue weighted by atomic mass is 9.91. The van der Waals surface area contributed by atoms with Gasteiger partial charge >= 0.3 is 0 Å². The summed E-state index contributed by atoms with van der Waals surface area (Å²) < 4.78 is 5.14. The summed E-state index contributed by atoms with van der Waals surface area (Å²) in [4.78, 5) is 0. The molecule has 0 spiro atoms. The van der Waals surface area contributed by atoms with Crippen molar-refractivity contribution in [1.29, 1.82) is 0 Å². The maximum Gasteiger partial charge on any atom is 0.0648 e. The van der Waals surface area contributed by atoms with Crippen LogP contribution in [0.5, 0.6) is 0 Å². The Morgan fingerprint density at radius 3 is 2.65 bits per heavy atom. The van der Waals surface area contributed by atoms with Gasteiger partial charge in [0.15, 0.2) is 0 Å². The van der Waals surface area contributed by atoms with Crippen molar-refractivity contribution < 1.29 is 4.74 Å². The van der Waals surface area contributed by atoms with Crippen molar-refractivity contribution in [2.45, 2.75) is 33.2 Å². The zero-order valence-electron chi connectivity index (χ0n) is 11.4. The van der Waals surface area contributed by atoms with Crippen molar-refractivity contribution in [2.75, 3.05) is 20.8 Å². The van der Waals surface area contributed by atoms with E-state index < -0.39 is 0 Å². The number of hydrogen-bond acceptors (Lipinski definition) is 4. The van der Waals surface area contributed by atoms with Crippen LogP contribution in [0.4, 0.5) is 0 Å². The van der Waals surface area contributed by atoms with Crippen LogP contribution in [-0.4, -0.2) is 31.0 Å². The van der Waals surface area contributed by atoms with Crippen LogP contribution in [0, 0.1) is 19.8 Å². The minimum atomic E-state index is 0.305. The molecule has 1 N–H and O–H groups in total. The normalized spacial score (nSPS) is 14.6. The summed E-state index contributed by atoms with van der Waals surface area (Å²) in [5, 5.41) is 11.6. The van der Waals surface area contributed by atoms with E-state index in [9.17, 15) is 0 Å². The lowest BCUT2D eigenvalue weighted by Crippen LogP contribution is -2.25. The van der Waals surface area contributed by atoms with E-state index in [1.807, 2.05) is 20.9 Å². The third-order valence-corrected chi connectivity index (χ3v) is 3.13. The molecular weight excluding hydrogens is 214 g/mol. The Balaban J connectivity index is 2.88. The predicted octanol–water partition coefficient (Wildman–Crippen LogP) is 2.03. The summed E-state index contributed by atoms with van der Waals surface area (Å²) in [6.45, 7) is 7.00. The summed E-state index contributed by atoms with van der Waals surface area (Å²) in [6.07, 6.45) is 1.03. The molecule has 1 heterocycles. The summed E-state index contributed by atoms with van der Waals surface area (Å²) in [5.74, 6) is 0.502. The smallest absolute Gasteiger partial charge is 0.0648 e. The van der Waals surface area contributed by atoms with Crippen molar-refractivity contribution in [3.8, 4) is 0 Å². The monoisotopic (exact) mass is 237 g/mol. The quantitative estimate of drug-likeness (QED) is 0.822. The van der Waals surface area contributed by atoms with Gasteiger partial charge in [-0.1, -0.05) is 6.92 Å². The van der Waals surface area contributed by atoms with E-state index in [2.05, 4.69) is 28.5 Å². The molecule has 0 aromatic carbocycles. The van der Waals surface area contributed by atoms with Crippen LogP contribution >= 0.6 is 0 Å². The highest BCUT2D eigenvalue weighted by molar-refractivity contribution is 5.24. The molecule has 0 amide bonds. The molecule has 0 saturated carbocycles. The van der Waals surface area contributed by atoms with E-state index in [0.29, 0.717) is 12.0 Å². The molecule has 0 aliphatic rings. The number of nitrogens with zero attached hydrogens (tertiary/aromatic N) is 2. The van der Waals surface area contributed by atoms with Crippen LogP contribution < -0.4 is 5.32 Å². The molecule has 0 fully saturated rings. The summed E-state index contributed by atoms with van der Waals surface area (Å²) in [6, 6.07) is 2.42. The molecule has 0 aliphatic carbocycles. The van der Waals surface area contributed by atoms with E-state index >= 15 is 0 Å². The average molecular weight is 237 g/mol. The molecule has 2 atom stereocenters. The Kier molecular flexibility index (Phi) is 5.51. The first-order valence-corrected chi connectivity index (χ1v) is 6.07. The number of rotatable bonds is 6. The molecule has 1 aromatic heterocycles. The minimum Gasteiger partial charge on any atom is -0.385 e. The van der Waals surface area contributed by atoms with Crippen molar-refractivity contribution in [3.63, 3.8) is 0 Å². The number of ether oxygens (including phenoxy) is 1. The SMILES string of the molecule is CNC(c1cc(C)nnc1C)C(C)CCOC. The van der Waals surface area contributed by atoms with E-state index in [0.717, 1.165) is 24.4 Å². The van der Waals surface area contributed by atoms with Crippen molar-refractivity contribution in [1.82, 2.24) is 15.5 Å². The Bertz CT molecular complexity index is 355. The molecule has 2 unspecified atom stereocenters. The van der Waals surface area contributed by atoms with Gasteiger partial charge in [0.2, 0.25) is 0 Å². The summed E-state index contributed by atoms with van der Waals surface area (Å²) in [7, 11) is 3.73. The van der Waals surface area contributed by atoms with E-state index in [1.54, 1.807) is 7.11 Å². The number of nitrogens with one attached hydrogen (secondary N) is 1. The zero-order valence-corrected chi connectivity index (χ0v) is 11.4. The Morgan fingerprint density at radius 1 is 1.35 bits per heavy atom. The number of methoxy groups -OCH3 is 1. The molecule has 0 aliphatic heterocycles. The molecule has 17 heavy (non-hydrogen) atoms. The van der Waals surface area contributed by atoms with Gasteiger partial charge in [-0.3, -0.25) is 0 Å². The lowest BCUT2D eigenvalue weighted by molar-refractivity contribution is 0.171. The van der Waals surface area contributed by atoms with Crippen LogP contribution in [-0.2, 0) is 4.74 Å². The maximum atomic E-state index is 5.14. The van der Waals surface area contributed by atoms with Crippen molar-refractivity contribution >= 4 is 0 Å². The first-order chi connectivity index (χ1) is 8.10. The molecule has 0 saturated heterocycles. The maximum absolute atomic E-state index is 5.14. The van der Waals surface area contributed by atoms with Gasteiger partial charge in [0.25, 0.3) is 0 Å². The third-order valence-electron chi connectivity index (χ3n) is 3.13. The van der Waals surface area contributed by atoms with Gasteiger partial charge in [-0.2, -0.15) is 10.2 Å².